The summed E-state index contributed by atoms with van der Waals surface area (Å²) in [5.41, 5.74) is 0.816. The Bertz CT molecular complexity index is 1350. The van der Waals surface area contributed by atoms with Crippen molar-refractivity contribution < 1.29 is 22.7 Å². The van der Waals surface area contributed by atoms with Crippen molar-refractivity contribution >= 4 is 45.0 Å². The van der Waals surface area contributed by atoms with Crippen LogP contribution in [0.1, 0.15) is 33.3 Å². The third kappa shape index (κ3) is 5.69. The average Bonchev–Trinajstić information content (AvgIpc) is 2.92. The van der Waals surface area contributed by atoms with Gasteiger partial charge in [0.1, 0.15) is 28.9 Å². The Balaban J connectivity index is 1.89. The minimum absolute atomic E-state index is 0.0481. The predicted molar refractivity (Wildman–Crippen MR) is 155 cm³/mol. The van der Waals surface area contributed by atoms with E-state index in [2.05, 4.69) is 0 Å². The molecule has 2 fully saturated rings. The van der Waals surface area contributed by atoms with Gasteiger partial charge in [-0.15, -0.1) is 0 Å². The van der Waals surface area contributed by atoms with Gasteiger partial charge in [-0.25, -0.2) is 8.42 Å². The number of ether oxygens (including phenoxy) is 1. The number of piperazine rings is 1. The maximum absolute atomic E-state index is 14.4. The van der Waals surface area contributed by atoms with Crippen LogP contribution in [0.2, 0.25) is 10.0 Å². The van der Waals surface area contributed by atoms with E-state index in [0.29, 0.717) is 18.1 Å². The first-order valence-corrected chi connectivity index (χ1v) is 15.6. The van der Waals surface area contributed by atoms with Crippen molar-refractivity contribution in [1.29, 1.82) is 0 Å². The van der Waals surface area contributed by atoms with E-state index in [1.54, 1.807) is 23.1 Å². The van der Waals surface area contributed by atoms with Gasteiger partial charge in [0.2, 0.25) is 21.8 Å². The van der Waals surface area contributed by atoms with Crippen molar-refractivity contribution in [3.63, 3.8) is 0 Å². The van der Waals surface area contributed by atoms with Gasteiger partial charge in [0.15, 0.2) is 0 Å². The molecule has 40 heavy (non-hydrogen) atoms. The Morgan fingerprint density at radius 3 is 2.17 bits per heavy atom. The van der Waals surface area contributed by atoms with Crippen molar-refractivity contribution in [2.75, 3.05) is 33.3 Å². The first kappa shape index (κ1) is 30.6. The predicted octanol–water partition coefficient (Wildman–Crippen LogP) is 3.73. The second-order valence-corrected chi connectivity index (χ2v) is 13.0. The highest BCUT2D eigenvalue weighted by atomic mass is 35.5. The number of sulfonamides is 1. The molecule has 2 aliphatic rings. The van der Waals surface area contributed by atoms with Gasteiger partial charge >= 0.3 is 0 Å². The number of rotatable bonds is 9. The number of carbonyl (C=O) groups is 2. The summed E-state index contributed by atoms with van der Waals surface area (Å²) in [5, 5.41) is 0.802. The van der Waals surface area contributed by atoms with Gasteiger partial charge < -0.3 is 14.5 Å². The number of fused-ring (bicyclic) bond motifs is 1. The lowest BCUT2D eigenvalue weighted by Crippen LogP contribution is -2.76. The number of halogens is 2. The third-order valence-corrected chi connectivity index (χ3v) is 10.1. The van der Waals surface area contributed by atoms with Gasteiger partial charge in [-0.3, -0.25) is 14.5 Å². The fourth-order valence-electron chi connectivity index (χ4n) is 5.61. The monoisotopic (exact) mass is 610 g/mol. The maximum atomic E-state index is 14.4. The van der Waals surface area contributed by atoms with Crippen LogP contribution in [0.3, 0.4) is 0 Å². The summed E-state index contributed by atoms with van der Waals surface area (Å²) in [6.07, 6.45) is -0.689. The molecule has 0 N–H and O–H groups in total. The van der Waals surface area contributed by atoms with Crippen LogP contribution in [-0.2, 0) is 26.0 Å². The van der Waals surface area contributed by atoms with Crippen molar-refractivity contribution in [2.24, 2.45) is 0 Å². The lowest BCUT2D eigenvalue weighted by atomic mass is 9.96. The molecule has 0 saturated carbocycles. The molecule has 0 aliphatic carbocycles. The Labute approximate surface area is 246 Å². The van der Waals surface area contributed by atoms with Crippen LogP contribution in [0.5, 0.6) is 5.75 Å². The molecule has 0 aromatic heterocycles. The van der Waals surface area contributed by atoms with Crippen LogP contribution < -0.4 is 4.74 Å². The summed E-state index contributed by atoms with van der Waals surface area (Å²) in [5.74, 6) is -0.320. The standard InChI is InChI=1S/C28H36Cl2N4O5S/c1-6-31(7-2)23-16-33(40(37,38)25-15-21(30)12-13-24(25)39-5)26-17-32(18(3)4)27(35)22(34(26)28(23)36)14-19-8-10-20(29)11-9-19/h8-13,15,18,22-23,26H,6-7,14,16-17H2,1-5H3. The molecule has 2 saturated heterocycles. The van der Waals surface area contributed by atoms with Crippen molar-refractivity contribution in [2.45, 2.75) is 63.3 Å². The van der Waals surface area contributed by atoms with Crippen LogP contribution >= 0.6 is 23.2 Å². The van der Waals surface area contributed by atoms with Crippen LogP contribution in [0.4, 0.5) is 0 Å². The Morgan fingerprint density at radius 1 is 0.975 bits per heavy atom. The number of likely N-dealkylation sites (N-methyl/N-ethyl adjacent to an activating group) is 1. The molecule has 9 nitrogen and oxygen atoms in total. The number of hydrogen-bond donors (Lipinski definition) is 0. The number of methoxy groups -OCH3 is 1. The molecule has 3 unspecified atom stereocenters. The molecule has 0 spiro atoms. The van der Waals surface area contributed by atoms with Crippen molar-refractivity contribution in [3.05, 3.63) is 58.1 Å². The van der Waals surface area contributed by atoms with E-state index in [4.69, 9.17) is 27.9 Å². The average molecular weight is 612 g/mol. The molecular weight excluding hydrogens is 575 g/mol. The summed E-state index contributed by atoms with van der Waals surface area (Å²) < 4.78 is 35.6. The minimum atomic E-state index is -4.22. The van der Waals surface area contributed by atoms with E-state index in [1.807, 2.05) is 44.7 Å². The summed E-state index contributed by atoms with van der Waals surface area (Å²) in [6, 6.07) is 9.68. The topological polar surface area (TPSA) is 90.5 Å². The molecule has 3 atom stereocenters. The smallest absolute Gasteiger partial charge is 0.248 e. The van der Waals surface area contributed by atoms with Gasteiger partial charge in [0.25, 0.3) is 0 Å². The van der Waals surface area contributed by atoms with Gasteiger partial charge in [-0.05, 0) is 62.8 Å². The molecule has 0 radical (unpaired) electrons. The van der Waals surface area contributed by atoms with Gasteiger partial charge in [-0.1, -0.05) is 49.2 Å². The van der Waals surface area contributed by atoms with E-state index >= 15 is 0 Å². The molecule has 12 heteroatoms. The van der Waals surface area contributed by atoms with Crippen LogP contribution in [0.25, 0.3) is 0 Å². The summed E-state index contributed by atoms with van der Waals surface area (Å²) >= 11 is 12.3. The highest BCUT2D eigenvalue weighted by Gasteiger charge is 2.55. The molecule has 0 bridgehead atoms. The lowest BCUT2D eigenvalue weighted by molar-refractivity contribution is -0.172. The van der Waals surface area contributed by atoms with E-state index in [9.17, 15) is 18.0 Å². The highest BCUT2D eigenvalue weighted by Crippen LogP contribution is 2.36. The number of nitrogens with zero attached hydrogens (tertiary/aromatic N) is 4. The largest absolute Gasteiger partial charge is 0.495 e. The maximum Gasteiger partial charge on any atom is 0.248 e. The number of carbonyl (C=O) groups excluding carboxylic acids is 2. The van der Waals surface area contributed by atoms with Gasteiger partial charge in [-0.2, -0.15) is 4.31 Å². The fraction of sp³-hybridized carbons (Fsp3) is 0.500. The van der Waals surface area contributed by atoms with Crippen LogP contribution in [0, 0.1) is 0 Å². The number of benzene rings is 2. The molecule has 2 aromatic rings. The lowest BCUT2D eigenvalue weighted by Gasteiger charge is -2.55. The zero-order valence-corrected chi connectivity index (χ0v) is 25.7. The van der Waals surface area contributed by atoms with E-state index in [1.165, 1.54) is 28.4 Å². The molecule has 2 aromatic carbocycles. The molecular formula is C28H36Cl2N4O5S. The second kappa shape index (κ2) is 12.2. The zero-order valence-electron chi connectivity index (χ0n) is 23.4. The van der Waals surface area contributed by atoms with Crippen molar-refractivity contribution in [3.8, 4) is 5.75 Å². The normalized spacial score (nSPS) is 22.3. The van der Waals surface area contributed by atoms with Crippen LogP contribution in [0.15, 0.2) is 47.4 Å². The fourth-order valence-corrected chi connectivity index (χ4v) is 7.74. The molecule has 4 rings (SSSR count). The molecule has 2 aliphatic heterocycles. The van der Waals surface area contributed by atoms with E-state index < -0.39 is 28.3 Å². The number of hydrogen-bond acceptors (Lipinski definition) is 6. The first-order chi connectivity index (χ1) is 18.9. The summed E-state index contributed by atoms with van der Waals surface area (Å²) in [6.45, 7) is 8.68. The SMILES string of the molecule is CCN(CC)C1CN(S(=O)(=O)c2cc(Cl)ccc2OC)C2CN(C(C)C)C(=O)C(Cc3ccc(Cl)cc3)N2C1=O. The first-order valence-electron chi connectivity index (χ1n) is 13.4. The van der Waals surface area contributed by atoms with Crippen LogP contribution in [-0.4, -0.2) is 96.8 Å². The number of amides is 2. The Kier molecular flexibility index (Phi) is 9.36. The summed E-state index contributed by atoms with van der Waals surface area (Å²) in [7, 11) is -2.83. The van der Waals surface area contributed by atoms with Crippen molar-refractivity contribution in [1.82, 2.24) is 19.0 Å². The zero-order chi connectivity index (χ0) is 29.4. The summed E-state index contributed by atoms with van der Waals surface area (Å²) in [4.78, 5) is 33.1. The highest BCUT2D eigenvalue weighted by molar-refractivity contribution is 7.89. The quantitative estimate of drug-likeness (QED) is 0.430. The van der Waals surface area contributed by atoms with Gasteiger partial charge in [0, 0.05) is 29.1 Å². The molecule has 2 amide bonds. The second-order valence-electron chi connectivity index (χ2n) is 10.3. The van der Waals surface area contributed by atoms with Gasteiger partial charge in [0.05, 0.1) is 13.7 Å². The minimum Gasteiger partial charge on any atom is -0.495 e. The van der Waals surface area contributed by atoms with E-state index in [-0.39, 0.29) is 53.0 Å². The molecule has 218 valence electrons. The Hall–Kier alpha value is -2.37. The Morgan fingerprint density at radius 2 is 1.60 bits per heavy atom. The third-order valence-electron chi connectivity index (χ3n) is 7.74. The van der Waals surface area contributed by atoms with E-state index in [0.717, 1.165) is 5.56 Å². The molecule has 2 heterocycles.